The zero-order valence-electron chi connectivity index (χ0n) is 13.1. The van der Waals surface area contributed by atoms with E-state index in [4.69, 9.17) is 4.74 Å². The molecule has 20 heavy (non-hydrogen) atoms. The molecule has 2 unspecified atom stereocenters. The van der Waals surface area contributed by atoms with Crippen molar-refractivity contribution in [3.63, 3.8) is 0 Å². The van der Waals surface area contributed by atoms with Gasteiger partial charge in [-0.25, -0.2) is 0 Å². The maximum absolute atomic E-state index is 5.64. The normalized spacial score (nSPS) is 22.9. The van der Waals surface area contributed by atoms with E-state index in [-0.39, 0.29) is 0 Å². The minimum Gasteiger partial charge on any atom is -0.494 e. The Labute approximate surface area is 123 Å². The van der Waals surface area contributed by atoms with Crippen molar-refractivity contribution in [2.45, 2.75) is 52.1 Å². The highest BCUT2D eigenvalue weighted by atomic mass is 16.5. The van der Waals surface area contributed by atoms with Crippen LogP contribution >= 0.6 is 0 Å². The molecular weight excluding hydrogens is 248 g/mol. The van der Waals surface area contributed by atoms with Gasteiger partial charge in [0.2, 0.25) is 0 Å². The van der Waals surface area contributed by atoms with Crippen molar-refractivity contribution in [3.05, 3.63) is 24.3 Å². The molecule has 0 saturated carbocycles. The molecule has 1 fully saturated rings. The van der Waals surface area contributed by atoms with Crippen LogP contribution in [-0.4, -0.2) is 31.8 Å². The van der Waals surface area contributed by atoms with Crippen molar-refractivity contribution in [1.82, 2.24) is 5.32 Å². The summed E-state index contributed by atoms with van der Waals surface area (Å²) < 4.78 is 5.64. The molecule has 112 valence electrons. The van der Waals surface area contributed by atoms with Gasteiger partial charge in [-0.1, -0.05) is 26.3 Å². The van der Waals surface area contributed by atoms with Crippen molar-refractivity contribution >= 4 is 5.69 Å². The molecule has 0 spiro atoms. The van der Waals surface area contributed by atoms with Gasteiger partial charge in [-0.2, -0.15) is 0 Å². The second-order valence-electron chi connectivity index (χ2n) is 5.54. The molecular formula is C17H28N2O. The summed E-state index contributed by atoms with van der Waals surface area (Å²) in [5, 5.41) is 3.69. The molecule has 2 rings (SSSR count). The third-order valence-electron chi connectivity index (χ3n) is 4.07. The smallest absolute Gasteiger partial charge is 0.121 e. The van der Waals surface area contributed by atoms with Gasteiger partial charge < -0.3 is 15.0 Å². The summed E-state index contributed by atoms with van der Waals surface area (Å²) in [4.78, 5) is 2.55. The predicted molar refractivity (Wildman–Crippen MR) is 85.7 cm³/mol. The zero-order chi connectivity index (χ0) is 14.4. The minimum absolute atomic E-state index is 0.583. The summed E-state index contributed by atoms with van der Waals surface area (Å²) in [6.07, 6.45) is 3.66. The lowest BCUT2D eigenvalue weighted by molar-refractivity contribution is 0.339. The second-order valence-corrected chi connectivity index (χ2v) is 5.54. The SMILES string of the molecule is CCCC1CN(c2cccc(OCC)c2)C(CC)CN1. The summed E-state index contributed by atoms with van der Waals surface area (Å²) in [7, 11) is 0. The molecule has 1 heterocycles. The van der Waals surface area contributed by atoms with Crippen molar-refractivity contribution in [2.24, 2.45) is 0 Å². The van der Waals surface area contributed by atoms with E-state index in [9.17, 15) is 0 Å². The average Bonchev–Trinajstić information content (AvgIpc) is 2.48. The first-order valence-electron chi connectivity index (χ1n) is 8.01. The van der Waals surface area contributed by atoms with Crippen molar-refractivity contribution in [3.8, 4) is 5.75 Å². The van der Waals surface area contributed by atoms with E-state index in [0.717, 1.165) is 25.4 Å². The molecule has 0 bridgehead atoms. The number of benzene rings is 1. The van der Waals surface area contributed by atoms with Gasteiger partial charge in [-0.05, 0) is 31.9 Å². The number of nitrogens with zero attached hydrogens (tertiary/aromatic N) is 1. The van der Waals surface area contributed by atoms with Gasteiger partial charge in [-0.3, -0.25) is 0 Å². The van der Waals surface area contributed by atoms with Gasteiger partial charge in [-0.15, -0.1) is 0 Å². The standard InChI is InChI=1S/C17H28N2O/c1-4-8-14-13-19(15(5-2)12-18-14)16-9-7-10-17(11-16)20-6-3/h7,9-11,14-15,18H,4-6,8,12-13H2,1-3H3. The fourth-order valence-corrected chi connectivity index (χ4v) is 3.01. The van der Waals surface area contributed by atoms with E-state index < -0.39 is 0 Å². The van der Waals surface area contributed by atoms with Gasteiger partial charge in [0.1, 0.15) is 5.75 Å². The highest BCUT2D eigenvalue weighted by Crippen LogP contribution is 2.26. The van der Waals surface area contributed by atoms with Crippen LogP contribution in [0.1, 0.15) is 40.0 Å². The second kappa shape index (κ2) is 7.53. The molecule has 0 radical (unpaired) electrons. The Morgan fingerprint density at radius 1 is 1.30 bits per heavy atom. The Balaban J connectivity index is 2.15. The molecule has 3 nitrogen and oxygen atoms in total. The van der Waals surface area contributed by atoms with Crippen LogP contribution in [0.5, 0.6) is 5.75 Å². The number of rotatable bonds is 6. The number of hydrogen-bond donors (Lipinski definition) is 1. The Hall–Kier alpha value is -1.22. The van der Waals surface area contributed by atoms with Crippen molar-refractivity contribution in [2.75, 3.05) is 24.6 Å². The Morgan fingerprint density at radius 3 is 2.85 bits per heavy atom. The van der Waals surface area contributed by atoms with E-state index in [1.807, 2.05) is 13.0 Å². The monoisotopic (exact) mass is 276 g/mol. The van der Waals surface area contributed by atoms with Crippen LogP contribution in [0.25, 0.3) is 0 Å². The Kier molecular flexibility index (Phi) is 5.72. The van der Waals surface area contributed by atoms with Gasteiger partial charge in [0.25, 0.3) is 0 Å². The summed E-state index contributed by atoms with van der Waals surface area (Å²) in [5.41, 5.74) is 1.30. The van der Waals surface area contributed by atoms with Gasteiger partial charge in [0.15, 0.2) is 0 Å². The lowest BCUT2D eigenvalue weighted by Gasteiger charge is -2.42. The van der Waals surface area contributed by atoms with Crippen LogP contribution in [0.4, 0.5) is 5.69 Å². The fraction of sp³-hybridized carbons (Fsp3) is 0.647. The van der Waals surface area contributed by atoms with Crippen molar-refractivity contribution in [1.29, 1.82) is 0 Å². The fourth-order valence-electron chi connectivity index (χ4n) is 3.01. The summed E-state index contributed by atoms with van der Waals surface area (Å²) in [6.45, 7) is 9.46. The van der Waals surface area contributed by atoms with Gasteiger partial charge in [0.05, 0.1) is 6.61 Å². The quantitative estimate of drug-likeness (QED) is 0.861. The summed E-state index contributed by atoms with van der Waals surface area (Å²) in [5.74, 6) is 0.977. The van der Waals surface area contributed by atoms with E-state index in [2.05, 4.69) is 42.3 Å². The number of hydrogen-bond acceptors (Lipinski definition) is 3. The molecule has 3 heteroatoms. The molecule has 0 aliphatic carbocycles. The third kappa shape index (κ3) is 3.66. The zero-order valence-corrected chi connectivity index (χ0v) is 13.1. The van der Waals surface area contributed by atoms with Gasteiger partial charge in [0, 0.05) is 36.9 Å². The van der Waals surface area contributed by atoms with Crippen LogP contribution in [0, 0.1) is 0 Å². The molecule has 1 N–H and O–H groups in total. The van der Waals surface area contributed by atoms with Crippen LogP contribution < -0.4 is 15.0 Å². The molecule has 2 atom stereocenters. The molecule has 1 saturated heterocycles. The summed E-state index contributed by atoms with van der Waals surface area (Å²) >= 11 is 0. The largest absolute Gasteiger partial charge is 0.494 e. The minimum atomic E-state index is 0.583. The van der Waals surface area contributed by atoms with E-state index >= 15 is 0 Å². The first-order chi connectivity index (χ1) is 9.78. The maximum Gasteiger partial charge on any atom is 0.121 e. The van der Waals surface area contributed by atoms with Crippen LogP contribution in [0.15, 0.2) is 24.3 Å². The number of piperazine rings is 1. The highest BCUT2D eigenvalue weighted by molar-refractivity contribution is 5.52. The number of anilines is 1. The van der Waals surface area contributed by atoms with E-state index in [1.54, 1.807) is 0 Å². The molecule has 1 aromatic carbocycles. The van der Waals surface area contributed by atoms with Crippen LogP contribution in [0.3, 0.4) is 0 Å². The van der Waals surface area contributed by atoms with Crippen molar-refractivity contribution < 1.29 is 4.74 Å². The maximum atomic E-state index is 5.64. The first kappa shape index (κ1) is 15.2. The lowest BCUT2D eigenvalue weighted by Crippen LogP contribution is -2.56. The van der Waals surface area contributed by atoms with Crippen LogP contribution in [0.2, 0.25) is 0 Å². The lowest BCUT2D eigenvalue weighted by atomic mass is 10.0. The topological polar surface area (TPSA) is 24.5 Å². The average molecular weight is 276 g/mol. The number of nitrogens with one attached hydrogen (secondary N) is 1. The Bertz CT molecular complexity index is 408. The molecule has 0 amide bonds. The molecule has 1 aliphatic heterocycles. The number of ether oxygens (including phenoxy) is 1. The first-order valence-corrected chi connectivity index (χ1v) is 8.01. The highest BCUT2D eigenvalue weighted by Gasteiger charge is 2.26. The molecule has 1 aliphatic rings. The predicted octanol–water partition coefficient (Wildman–Crippen LogP) is 3.44. The van der Waals surface area contributed by atoms with E-state index in [0.29, 0.717) is 12.1 Å². The third-order valence-corrected chi connectivity index (χ3v) is 4.07. The summed E-state index contributed by atoms with van der Waals surface area (Å²) in [6, 6.07) is 9.72. The molecule has 1 aromatic rings. The molecule has 0 aromatic heterocycles. The van der Waals surface area contributed by atoms with Crippen LogP contribution in [-0.2, 0) is 0 Å². The Morgan fingerprint density at radius 2 is 2.15 bits per heavy atom. The van der Waals surface area contributed by atoms with Gasteiger partial charge >= 0.3 is 0 Å². The van der Waals surface area contributed by atoms with E-state index in [1.165, 1.54) is 24.9 Å².